The van der Waals surface area contributed by atoms with Crippen molar-refractivity contribution >= 4 is 5.91 Å². The van der Waals surface area contributed by atoms with E-state index in [1.807, 2.05) is 11.6 Å². The predicted octanol–water partition coefficient (Wildman–Crippen LogP) is 0.816. The molecule has 0 aromatic carbocycles. The minimum Gasteiger partial charge on any atom is -0.376 e. The van der Waals surface area contributed by atoms with Crippen molar-refractivity contribution in [2.75, 3.05) is 19.7 Å². The van der Waals surface area contributed by atoms with Gasteiger partial charge < -0.3 is 10.1 Å². The number of ether oxygens (including phenoxy) is 1. The van der Waals surface area contributed by atoms with E-state index in [0.29, 0.717) is 12.6 Å². The zero-order valence-electron chi connectivity index (χ0n) is 13.9. The normalized spacial score (nSPS) is 27.0. The van der Waals surface area contributed by atoms with Crippen LogP contribution in [0, 0.1) is 0 Å². The van der Waals surface area contributed by atoms with E-state index < -0.39 is 0 Å². The first-order valence-corrected chi connectivity index (χ1v) is 8.71. The lowest BCUT2D eigenvalue weighted by atomic mass is 9.99. The molecule has 0 spiro atoms. The van der Waals surface area contributed by atoms with Crippen LogP contribution in [0.15, 0.2) is 12.7 Å². The Hall–Kier alpha value is -1.47. The average Bonchev–Trinajstić information content (AvgIpc) is 3.26. The molecule has 1 aromatic rings. The molecule has 1 aromatic heterocycles. The van der Waals surface area contributed by atoms with Crippen molar-refractivity contribution in [2.45, 2.75) is 63.8 Å². The lowest BCUT2D eigenvalue weighted by molar-refractivity contribution is -0.128. The molecule has 1 N–H and O–H groups in total. The SMILES string of the molecule is C[C@H](C(=O)NC[C@H]1CCCO1)N1CCCC[C@H]1Cn1cncn1. The van der Waals surface area contributed by atoms with Gasteiger partial charge >= 0.3 is 0 Å². The fourth-order valence-electron chi connectivity index (χ4n) is 3.59. The molecule has 2 aliphatic rings. The second-order valence-electron chi connectivity index (χ2n) is 6.56. The zero-order valence-corrected chi connectivity index (χ0v) is 13.9. The van der Waals surface area contributed by atoms with E-state index in [2.05, 4.69) is 20.3 Å². The molecule has 3 atom stereocenters. The number of aromatic nitrogens is 3. The summed E-state index contributed by atoms with van der Waals surface area (Å²) in [7, 11) is 0. The Morgan fingerprint density at radius 1 is 1.39 bits per heavy atom. The summed E-state index contributed by atoms with van der Waals surface area (Å²) in [6.45, 7) is 5.22. The first kappa shape index (κ1) is 16.4. The summed E-state index contributed by atoms with van der Waals surface area (Å²) >= 11 is 0. The summed E-state index contributed by atoms with van der Waals surface area (Å²) in [6.07, 6.45) is 9.11. The molecule has 0 aliphatic carbocycles. The molecular weight excluding hydrogens is 294 g/mol. The van der Waals surface area contributed by atoms with Crippen LogP contribution in [-0.2, 0) is 16.1 Å². The zero-order chi connectivity index (χ0) is 16.1. The van der Waals surface area contributed by atoms with Crippen LogP contribution in [0.2, 0.25) is 0 Å². The summed E-state index contributed by atoms with van der Waals surface area (Å²) in [6, 6.07) is 0.221. The predicted molar refractivity (Wildman–Crippen MR) is 85.8 cm³/mol. The van der Waals surface area contributed by atoms with E-state index in [1.165, 1.54) is 6.42 Å². The molecule has 1 amide bonds. The smallest absolute Gasteiger partial charge is 0.237 e. The van der Waals surface area contributed by atoms with Crippen molar-refractivity contribution in [3.8, 4) is 0 Å². The number of hydrogen-bond acceptors (Lipinski definition) is 5. The third-order valence-corrected chi connectivity index (χ3v) is 4.94. The molecule has 2 saturated heterocycles. The van der Waals surface area contributed by atoms with Crippen molar-refractivity contribution in [3.05, 3.63) is 12.7 Å². The standard InChI is InChI=1S/C16H27N5O2/c1-13(16(22)18-9-15-6-4-8-23-15)21-7-3-2-5-14(21)10-20-12-17-11-19-20/h11-15H,2-10H2,1H3,(H,18,22)/t13-,14+,15-/m1/s1. The number of nitrogens with one attached hydrogen (secondary N) is 1. The minimum atomic E-state index is -0.120. The average molecular weight is 321 g/mol. The molecule has 7 heteroatoms. The number of carbonyl (C=O) groups is 1. The second kappa shape index (κ2) is 7.88. The number of rotatable bonds is 6. The first-order chi connectivity index (χ1) is 11.2. The van der Waals surface area contributed by atoms with Gasteiger partial charge in [-0.25, -0.2) is 4.98 Å². The van der Waals surface area contributed by atoms with Crippen molar-refractivity contribution < 1.29 is 9.53 Å². The third kappa shape index (κ3) is 4.29. The topological polar surface area (TPSA) is 72.3 Å². The number of carbonyl (C=O) groups excluding carboxylic acids is 1. The number of hydrogen-bond donors (Lipinski definition) is 1. The molecule has 3 rings (SSSR count). The van der Waals surface area contributed by atoms with Gasteiger partial charge in [-0.2, -0.15) is 5.10 Å². The molecule has 3 heterocycles. The maximum absolute atomic E-state index is 12.5. The molecular formula is C16H27N5O2. The van der Waals surface area contributed by atoms with Crippen molar-refractivity contribution in [2.24, 2.45) is 0 Å². The van der Waals surface area contributed by atoms with Crippen LogP contribution in [0.25, 0.3) is 0 Å². The fourth-order valence-corrected chi connectivity index (χ4v) is 3.59. The Balaban J connectivity index is 1.54. The van der Waals surface area contributed by atoms with Gasteiger partial charge in [0.2, 0.25) is 5.91 Å². The van der Waals surface area contributed by atoms with Crippen LogP contribution in [-0.4, -0.2) is 63.5 Å². The van der Waals surface area contributed by atoms with Crippen LogP contribution >= 0.6 is 0 Å². The fraction of sp³-hybridized carbons (Fsp3) is 0.812. The summed E-state index contributed by atoms with van der Waals surface area (Å²) in [5, 5.41) is 7.26. The van der Waals surface area contributed by atoms with Crippen LogP contribution in [0.3, 0.4) is 0 Å². The second-order valence-corrected chi connectivity index (χ2v) is 6.56. The van der Waals surface area contributed by atoms with Crippen LogP contribution in [0.5, 0.6) is 0 Å². The van der Waals surface area contributed by atoms with Gasteiger partial charge in [0.25, 0.3) is 0 Å². The third-order valence-electron chi connectivity index (χ3n) is 4.94. The van der Waals surface area contributed by atoms with Gasteiger partial charge in [0.15, 0.2) is 0 Å². The van der Waals surface area contributed by atoms with Crippen LogP contribution in [0.1, 0.15) is 39.0 Å². The van der Waals surface area contributed by atoms with Crippen LogP contribution < -0.4 is 5.32 Å². The van der Waals surface area contributed by atoms with E-state index >= 15 is 0 Å². The highest BCUT2D eigenvalue weighted by atomic mass is 16.5. The van der Waals surface area contributed by atoms with E-state index in [9.17, 15) is 4.79 Å². The van der Waals surface area contributed by atoms with Gasteiger partial charge in [0, 0.05) is 19.2 Å². The number of amides is 1. The number of piperidine rings is 1. The molecule has 23 heavy (non-hydrogen) atoms. The lowest BCUT2D eigenvalue weighted by Gasteiger charge is -2.39. The van der Waals surface area contributed by atoms with Crippen molar-refractivity contribution in [1.82, 2.24) is 25.0 Å². The summed E-state index contributed by atoms with van der Waals surface area (Å²) < 4.78 is 7.43. The highest BCUT2D eigenvalue weighted by Gasteiger charge is 2.31. The Kier molecular flexibility index (Phi) is 5.61. The summed E-state index contributed by atoms with van der Waals surface area (Å²) in [5.41, 5.74) is 0. The molecule has 7 nitrogen and oxygen atoms in total. The molecule has 128 valence electrons. The van der Waals surface area contributed by atoms with Gasteiger partial charge in [-0.05, 0) is 39.2 Å². The maximum atomic E-state index is 12.5. The molecule has 0 saturated carbocycles. The van der Waals surface area contributed by atoms with Gasteiger partial charge in [-0.15, -0.1) is 0 Å². The number of likely N-dealkylation sites (tertiary alicyclic amines) is 1. The van der Waals surface area contributed by atoms with Gasteiger partial charge in [-0.1, -0.05) is 6.42 Å². The maximum Gasteiger partial charge on any atom is 0.237 e. The Morgan fingerprint density at radius 2 is 2.30 bits per heavy atom. The highest BCUT2D eigenvalue weighted by molar-refractivity contribution is 5.81. The summed E-state index contributed by atoms with van der Waals surface area (Å²) in [5.74, 6) is 0.103. The first-order valence-electron chi connectivity index (χ1n) is 8.71. The summed E-state index contributed by atoms with van der Waals surface area (Å²) in [4.78, 5) is 18.8. The molecule has 2 fully saturated rings. The lowest BCUT2D eigenvalue weighted by Crippen LogP contribution is -2.53. The van der Waals surface area contributed by atoms with Crippen molar-refractivity contribution in [1.29, 1.82) is 0 Å². The van der Waals surface area contributed by atoms with Gasteiger partial charge in [0.05, 0.1) is 18.7 Å². The van der Waals surface area contributed by atoms with Crippen molar-refractivity contribution in [3.63, 3.8) is 0 Å². The Labute approximate surface area is 137 Å². The highest BCUT2D eigenvalue weighted by Crippen LogP contribution is 2.21. The monoisotopic (exact) mass is 321 g/mol. The Bertz CT molecular complexity index is 487. The van der Waals surface area contributed by atoms with Gasteiger partial charge in [0.1, 0.15) is 12.7 Å². The Morgan fingerprint density at radius 3 is 3.04 bits per heavy atom. The van der Waals surface area contributed by atoms with E-state index in [0.717, 1.165) is 45.4 Å². The molecule has 0 unspecified atom stereocenters. The number of nitrogens with zero attached hydrogens (tertiary/aromatic N) is 4. The molecule has 2 aliphatic heterocycles. The van der Waals surface area contributed by atoms with Gasteiger partial charge in [-0.3, -0.25) is 14.4 Å². The van der Waals surface area contributed by atoms with E-state index in [1.54, 1.807) is 12.7 Å². The minimum absolute atomic E-state index is 0.103. The largest absolute Gasteiger partial charge is 0.376 e. The quantitative estimate of drug-likeness (QED) is 0.840. The molecule has 0 radical (unpaired) electrons. The van der Waals surface area contributed by atoms with E-state index in [4.69, 9.17) is 4.74 Å². The molecule has 0 bridgehead atoms. The van der Waals surface area contributed by atoms with E-state index in [-0.39, 0.29) is 18.1 Å². The van der Waals surface area contributed by atoms with Crippen LogP contribution in [0.4, 0.5) is 0 Å².